The molecule has 2 rings (SSSR count). The SMILES string of the molecule is CN1CCN(Cc2cc(CN)[nH]c2Cl)CC1. The van der Waals surface area contributed by atoms with Gasteiger partial charge in [-0.05, 0) is 13.1 Å². The molecule has 0 bridgehead atoms. The molecule has 1 aliphatic heterocycles. The van der Waals surface area contributed by atoms with Gasteiger partial charge in [-0.25, -0.2) is 0 Å². The highest BCUT2D eigenvalue weighted by atomic mass is 35.5. The predicted molar refractivity (Wildman–Crippen MR) is 66.5 cm³/mol. The van der Waals surface area contributed by atoms with E-state index >= 15 is 0 Å². The number of hydrogen-bond donors (Lipinski definition) is 2. The third-order valence-corrected chi connectivity index (χ3v) is 3.45. The van der Waals surface area contributed by atoms with Crippen LogP contribution in [0.3, 0.4) is 0 Å². The first-order valence-corrected chi connectivity index (χ1v) is 6.04. The fraction of sp³-hybridized carbons (Fsp3) is 0.636. The summed E-state index contributed by atoms with van der Waals surface area (Å²) in [6, 6.07) is 2.07. The van der Waals surface area contributed by atoms with E-state index in [1.54, 1.807) is 0 Å². The lowest BCUT2D eigenvalue weighted by atomic mass is 10.2. The quantitative estimate of drug-likeness (QED) is 0.827. The van der Waals surface area contributed by atoms with Crippen LogP contribution in [0.4, 0.5) is 0 Å². The fourth-order valence-electron chi connectivity index (χ4n) is 2.00. The van der Waals surface area contributed by atoms with Crippen LogP contribution in [-0.2, 0) is 13.1 Å². The lowest BCUT2D eigenvalue weighted by molar-refractivity contribution is 0.148. The fourth-order valence-corrected chi connectivity index (χ4v) is 2.24. The molecule has 0 saturated carbocycles. The molecule has 0 spiro atoms. The number of rotatable bonds is 3. The molecule has 1 saturated heterocycles. The van der Waals surface area contributed by atoms with Crippen LogP contribution in [0.5, 0.6) is 0 Å². The number of aromatic amines is 1. The molecule has 5 heteroatoms. The summed E-state index contributed by atoms with van der Waals surface area (Å²) in [6.45, 7) is 5.91. The number of piperazine rings is 1. The monoisotopic (exact) mass is 242 g/mol. The van der Waals surface area contributed by atoms with Crippen LogP contribution in [0.2, 0.25) is 5.15 Å². The van der Waals surface area contributed by atoms with Crippen molar-refractivity contribution in [3.8, 4) is 0 Å². The van der Waals surface area contributed by atoms with Gasteiger partial charge in [0, 0.05) is 50.5 Å². The van der Waals surface area contributed by atoms with Gasteiger partial charge in [0.1, 0.15) is 5.15 Å². The maximum Gasteiger partial charge on any atom is 0.111 e. The number of aromatic nitrogens is 1. The summed E-state index contributed by atoms with van der Waals surface area (Å²) in [5.41, 5.74) is 7.74. The highest BCUT2D eigenvalue weighted by molar-refractivity contribution is 6.30. The van der Waals surface area contributed by atoms with Crippen molar-refractivity contribution in [2.75, 3.05) is 33.2 Å². The molecule has 1 aromatic heterocycles. The maximum absolute atomic E-state index is 6.12. The largest absolute Gasteiger partial charge is 0.348 e. The minimum atomic E-state index is 0.516. The van der Waals surface area contributed by atoms with E-state index in [0.29, 0.717) is 6.54 Å². The summed E-state index contributed by atoms with van der Waals surface area (Å²) < 4.78 is 0. The zero-order valence-electron chi connectivity index (χ0n) is 9.67. The number of hydrogen-bond acceptors (Lipinski definition) is 3. The zero-order valence-corrected chi connectivity index (χ0v) is 10.4. The van der Waals surface area contributed by atoms with Crippen LogP contribution in [0.15, 0.2) is 6.07 Å². The standard InChI is InChI=1S/C11H19ClN4/c1-15-2-4-16(5-3-15)8-9-6-10(7-13)14-11(9)12/h6,14H,2-5,7-8,13H2,1H3. The van der Waals surface area contributed by atoms with Crippen molar-refractivity contribution in [1.82, 2.24) is 14.8 Å². The van der Waals surface area contributed by atoms with Gasteiger partial charge in [-0.1, -0.05) is 11.6 Å². The first-order valence-electron chi connectivity index (χ1n) is 5.66. The molecule has 3 N–H and O–H groups in total. The second-order valence-corrected chi connectivity index (χ2v) is 4.80. The molecule has 1 aromatic rings. The van der Waals surface area contributed by atoms with E-state index in [1.165, 1.54) is 0 Å². The highest BCUT2D eigenvalue weighted by Gasteiger charge is 2.16. The van der Waals surface area contributed by atoms with Crippen LogP contribution in [0, 0.1) is 0 Å². The number of nitrogens with two attached hydrogens (primary N) is 1. The average Bonchev–Trinajstić information content (AvgIpc) is 2.63. The smallest absolute Gasteiger partial charge is 0.111 e. The number of nitrogens with one attached hydrogen (secondary N) is 1. The number of likely N-dealkylation sites (N-methyl/N-ethyl adjacent to an activating group) is 1. The number of halogens is 1. The van der Waals surface area contributed by atoms with Crippen molar-refractivity contribution in [3.05, 3.63) is 22.5 Å². The molecule has 0 amide bonds. The lowest BCUT2D eigenvalue weighted by Gasteiger charge is -2.32. The number of nitrogens with zero attached hydrogens (tertiary/aromatic N) is 2. The Morgan fingerprint density at radius 1 is 1.38 bits per heavy atom. The second-order valence-electron chi connectivity index (χ2n) is 4.42. The van der Waals surface area contributed by atoms with Crippen molar-refractivity contribution in [2.24, 2.45) is 5.73 Å². The van der Waals surface area contributed by atoms with Crippen LogP contribution in [0.25, 0.3) is 0 Å². The van der Waals surface area contributed by atoms with Gasteiger partial charge < -0.3 is 15.6 Å². The molecular formula is C11H19ClN4. The topological polar surface area (TPSA) is 48.3 Å². The molecule has 1 aliphatic rings. The van der Waals surface area contributed by atoms with E-state index < -0.39 is 0 Å². The van der Waals surface area contributed by atoms with E-state index in [-0.39, 0.29) is 0 Å². The Hall–Kier alpha value is -0.550. The first kappa shape index (κ1) is 11.9. The van der Waals surface area contributed by atoms with Crippen molar-refractivity contribution >= 4 is 11.6 Å². The first-order chi connectivity index (χ1) is 7.69. The Labute approximate surface area is 101 Å². The summed E-state index contributed by atoms with van der Waals surface area (Å²) in [5, 5.41) is 0.736. The highest BCUT2D eigenvalue weighted by Crippen LogP contribution is 2.19. The number of H-pyrrole nitrogens is 1. The molecular weight excluding hydrogens is 224 g/mol. The molecule has 0 aliphatic carbocycles. The molecule has 0 unspecified atom stereocenters. The zero-order chi connectivity index (χ0) is 11.5. The van der Waals surface area contributed by atoms with Gasteiger partial charge in [0.2, 0.25) is 0 Å². The average molecular weight is 243 g/mol. The molecule has 2 heterocycles. The Bertz CT molecular complexity index is 342. The third-order valence-electron chi connectivity index (χ3n) is 3.11. The lowest BCUT2D eigenvalue weighted by Crippen LogP contribution is -2.43. The van der Waals surface area contributed by atoms with E-state index in [4.69, 9.17) is 17.3 Å². The Kier molecular flexibility index (Phi) is 3.86. The van der Waals surface area contributed by atoms with Gasteiger partial charge in [-0.2, -0.15) is 0 Å². The molecule has 1 fully saturated rings. The van der Waals surface area contributed by atoms with E-state index in [0.717, 1.165) is 49.1 Å². The van der Waals surface area contributed by atoms with Crippen molar-refractivity contribution in [1.29, 1.82) is 0 Å². The summed E-state index contributed by atoms with van der Waals surface area (Å²) >= 11 is 6.12. The molecule has 4 nitrogen and oxygen atoms in total. The Morgan fingerprint density at radius 2 is 2.06 bits per heavy atom. The van der Waals surface area contributed by atoms with Gasteiger partial charge in [-0.15, -0.1) is 0 Å². The minimum Gasteiger partial charge on any atom is -0.348 e. The van der Waals surface area contributed by atoms with E-state index in [9.17, 15) is 0 Å². The molecule has 0 atom stereocenters. The van der Waals surface area contributed by atoms with Gasteiger partial charge in [0.15, 0.2) is 0 Å². The summed E-state index contributed by atoms with van der Waals surface area (Å²) in [5.74, 6) is 0. The van der Waals surface area contributed by atoms with Gasteiger partial charge in [0.25, 0.3) is 0 Å². The van der Waals surface area contributed by atoms with Crippen LogP contribution >= 0.6 is 11.6 Å². The van der Waals surface area contributed by atoms with Crippen molar-refractivity contribution in [3.63, 3.8) is 0 Å². The van der Waals surface area contributed by atoms with Crippen LogP contribution < -0.4 is 5.73 Å². The summed E-state index contributed by atoms with van der Waals surface area (Å²) in [6.07, 6.45) is 0. The van der Waals surface area contributed by atoms with Crippen LogP contribution in [0.1, 0.15) is 11.3 Å². The minimum absolute atomic E-state index is 0.516. The van der Waals surface area contributed by atoms with Crippen LogP contribution in [-0.4, -0.2) is 48.0 Å². The van der Waals surface area contributed by atoms with Gasteiger partial charge >= 0.3 is 0 Å². The summed E-state index contributed by atoms with van der Waals surface area (Å²) in [4.78, 5) is 7.87. The molecule has 0 radical (unpaired) electrons. The third kappa shape index (κ3) is 2.77. The molecule has 0 aromatic carbocycles. The molecule has 16 heavy (non-hydrogen) atoms. The van der Waals surface area contributed by atoms with Crippen molar-refractivity contribution < 1.29 is 0 Å². The summed E-state index contributed by atoms with van der Waals surface area (Å²) in [7, 11) is 2.16. The Morgan fingerprint density at radius 3 is 2.62 bits per heavy atom. The predicted octanol–water partition coefficient (Wildman–Crippen LogP) is 0.874. The molecule has 90 valence electrons. The van der Waals surface area contributed by atoms with Gasteiger partial charge in [-0.3, -0.25) is 4.90 Å². The Balaban J connectivity index is 1.95. The van der Waals surface area contributed by atoms with E-state index in [2.05, 4.69) is 27.9 Å². The normalized spacial score (nSPS) is 19.2. The maximum atomic E-state index is 6.12. The van der Waals surface area contributed by atoms with Gasteiger partial charge in [0.05, 0.1) is 0 Å². The van der Waals surface area contributed by atoms with Crippen molar-refractivity contribution in [2.45, 2.75) is 13.1 Å². The second kappa shape index (κ2) is 5.19. The van der Waals surface area contributed by atoms with E-state index in [1.807, 2.05) is 0 Å².